The van der Waals surface area contributed by atoms with Crippen LogP contribution < -0.4 is 5.32 Å². The number of aryl methyl sites for hydroxylation is 1. The summed E-state index contributed by atoms with van der Waals surface area (Å²) in [6, 6.07) is 1.82. The molecule has 3 rings (SSSR count). The third-order valence-electron chi connectivity index (χ3n) is 3.77. The van der Waals surface area contributed by atoms with Crippen LogP contribution in [0.15, 0.2) is 12.3 Å². The van der Waals surface area contributed by atoms with Crippen LogP contribution in [0.5, 0.6) is 0 Å². The minimum atomic E-state index is -0.154. The summed E-state index contributed by atoms with van der Waals surface area (Å²) in [4.78, 5) is 16.4. The second-order valence-corrected chi connectivity index (χ2v) is 5.75. The van der Waals surface area contributed by atoms with Gasteiger partial charge < -0.3 is 10.1 Å². The van der Waals surface area contributed by atoms with Gasteiger partial charge in [0, 0.05) is 18.5 Å². The van der Waals surface area contributed by atoms with Gasteiger partial charge in [-0.2, -0.15) is 0 Å². The second-order valence-electron chi connectivity index (χ2n) is 5.35. The fourth-order valence-electron chi connectivity index (χ4n) is 2.59. The molecule has 2 aliphatic rings. The van der Waals surface area contributed by atoms with Crippen molar-refractivity contribution in [1.82, 2.24) is 10.3 Å². The van der Waals surface area contributed by atoms with Gasteiger partial charge in [-0.3, -0.25) is 9.78 Å². The molecule has 1 N–H and O–H groups in total. The lowest BCUT2D eigenvalue weighted by atomic mass is 10.1. The largest absolute Gasteiger partial charge is 0.376 e. The molecule has 2 atom stereocenters. The SMILES string of the molecule is Cc1cc(Cl)c(C(=O)NC2CCOC2C2CC2)cn1. The van der Waals surface area contributed by atoms with Crippen LogP contribution in [-0.2, 0) is 4.74 Å². The van der Waals surface area contributed by atoms with Crippen molar-refractivity contribution in [2.75, 3.05) is 6.61 Å². The molecule has 2 unspecified atom stereocenters. The van der Waals surface area contributed by atoms with Crippen LogP contribution in [0.1, 0.15) is 35.3 Å². The summed E-state index contributed by atoms with van der Waals surface area (Å²) in [5.74, 6) is 0.470. The number of carbonyl (C=O) groups is 1. The van der Waals surface area contributed by atoms with E-state index in [2.05, 4.69) is 10.3 Å². The van der Waals surface area contributed by atoms with Gasteiger partial charge in [0.2, 0.25) is 0 Å². The summed E-state index contributed by atoms with van der Waals surface area (Å²) in [7, 11) is 0. The van der Waals surface area contributed by atoms with Crippen LogP contribution in [0.4, 0.5) is 0 Å². The number of pyridine rings is 1. The maximum Gasteiger partial charge on any atom is 0.254 e. The fourth-order valence-corrected chi connectivity index (χ4v) is 2.89. The number of nitrogens with one attached hydrogen (secondary N) is 1. The summed E-state index contributed by atoms with van der Waals surface area (Å²) >= 11 is 6.09. The molecule has 19 heavy (non-hydrogen) atoms. The van der Waals surface area contributed by atoms with E-state index in [1.807, 2.05) is 6.92 Å². The van der Waals surface area contributed by atoms with Crippen LogP contribution in [0.3, 0.4) is 0 Å². The van der Waals surface area contributed by atoms with Gasteiger partial charge in [-0.05, 0) is 38.2 Å². The first-order chi connectivity index (χ1) is 9.15. The summed E-state index contributed by atoms with van der Waals surface area (Å²) in [6.45, 7) is 2.58. The minimum absolute atomic E-state index is 0.109. The second kappa shape index (κ2) is 5.10. The van der Waals surface area contributed by atoms with E-state index in [0.717, 1.165) is 18.7 Å². The Morgan fingerprint density at radius 2 is 2.26 bits per heavy atom. The predicted molar refractivity (Wildman–Crippen MR) is 72.3 cm³/mol. The van der Waals surface area contributed by atoms with Crippen molar-refractivity contribution in [3.05, 3.63) is 28.5 Å². The van der Waals surface area contributed by atoms with Crippen LogP contribution in [-0.4, -0.2) is 29.6 Å². The van der Waals surface area contributed by atoms with E-state index in [1.54, 1.807) is 6.07 Å². The topological polar surface area (TPSA) is 51.2 Å². The van der Waals surface area contributed by atoms with Crippen molar-refractivity contribution in [1.29, 1.82) is 0 Å². The number of carbonyl (C=O) groups excluding carboxylic acids is 1. The lowest BCUT2D eigenvalue weighted by molar-refractivity contribution is 0.0729. The molecule has 0 radical (unpaired) electrons. The van der Waals surface area contributed by atoms with Crippen LogP contribution in [0.2, 0.25) is 5.02 Å². The molecule has 1 aromatic heterocycles. The number of nitrogens with zero attached hydrogens (tertiary/aromatic N) is 1. The monoisotopic (exact) mass is 280 g/mol. The summed E-state index contributed by atoms with van der Waals surface area (Å²) in [5, 5.41) is 3.49. The number of rotatable bonds is 3. The van der Waals surface area contributed by atoms with Crippen molar-refractivity contribution in [3.8, 4) is 0 Å². The van der Waals surface area contributed by atoms with E-state index in [0.29, 0.717) is 16.5 Å². The zero-order valence-electron chi connectivity index (χ0n) is 10.9. The van der Waals surface area contributed by atoms with Crippen LogP contribution >= 0.6 is 11.6 Å². The zero-order chi connectivity index (χ0) is 13.4. The highest BCUT2D eigenvalue weighted by Crippen LogP contribution is 2.38. The Bertz CT molecular complexity index is 502. The molecular formula is C14H17ClN2O2. The Morgan fingerprint density at radius 1 is 1.47 bits per heavy atom. The third kappa shape index (κ3) is 2.74. The van der Waals surface area contributed by atoms with Gasteiger partial charge in [-0.25, -0.2) is 0 Å². The highest BCUT2D eigenvalue weighted by Gasteiger charge is 2.41. The van der Waals surface area contributed by atoms with Crippen LogP contribution in [0.25, 0.3) is 0 Å². The van der Waals surface area contributed by atoms with Gasteiger partial charge in [0.05, 0.1) is 22.7 Å². The summed E-state index contributed by atoms with van der Waals surface area (Å²) in [6.07, 6.45) is 5.02. The number of ether oxygens (including phenoxy) is 1. The molecule has 0 bridgehead atoms. The van der Waals surface area contributed by atoms with E-state index in [9.17, 15) is 4.79 Å². The van der Waals surface area contributed by atoms with Crippen molar-refractivity contribution >= 4 is 17.5 Å². The number of halogens is 1. The highest BCUT2D eigenvalue weighted by molar-refractivity contribution is 6.33. The Kier molecular flexibility index (Phi) is 3.46. The van der Waals surface area contributed by atoms with E-state index in [1.165, 1.54) is 19.0 Å². The van der Waals surface area contributed by atoms with E-state index < -0.39 is 0 Å². The van der Waals surface area contributed by atoms with E-state index >= 15 is 0 Å². The Hall–Kier alpha value is -1.13. The molecule has 5 heteroatoms. The maximum atomic E-state index is 12.2. The van der Waals surface area contributed by atoms with Crippen molar-refractivity contribution in [2.45, 2.75) is 38.3 Å². The molecule has 2 heterocycles. The Labute approximate surface area is 117 Å². The number of amides is 1. The molecule has 1 aliphatic heterocycles. The fraction of sp³-hybridized carbons (Fsp3) is 0.571. The molecule has 2 fully saturated rings. The molecule has 1 aromatic rings. The van der Waals surface area contributed by atoms with Gasteiger partial charge in [-0.15, -0.1) is 0 Å². The average molecular weight is 281 g/mol. The van der Waals surface area contributed by atoms with Crippen molar-refractivity contribution < 1.29 is 9.53 Å². The molecular weight excluding hydrogens is 264 g/mol. The number of aromatic nitrogens is 1. The molecule has 1 aliphatic carbocycles. The minimum Gasteiger partial charge on any atom is -0.376 e. The number of hydrogen-bond acceptors (Lipinski definition) is 3. The van der Waals surface area contributed by atoms with Gasteiger partial charge in [0.25, 0.3) is 5.91 Å². The van der Waals surface area contributed by atoms with Crippen LogP contribution in [0, 0.1) is 12.8 Å². The van der Waals surface area contributed by atoms with Gasteiger partial charge >= 0.3 is 0 Å². The highest BCUT2D eigenvalue weighted by atomic mass is 35.5. The smallest absolute Gasteiger partial charge is 0.254 e. The van der Waals surface area contributed by atoms with Gasteiger partial charge in [0.1, 0.15) is 0 Å². The number of hydrogen-bond donors (Lipinski definition) is 1. The Balaban J connectivity index is 1.70. The maximum absolute atomic E-state index is 12.2. The first kappa shape index (κ1) is 12.9. The summed E-state index contributed by atoms with van der Waals surface area (Å²) in [5.41, 5.74) is 1.25. The normalized spacial score (nSPS) is 26.4. The predicted octanol–water partition coefficient (Wildman–Crippen LogP) is 2.34. The summed E-state index contributed by atoms with van der Waals surface area (Å²) < 4.78 is 5.71. The first-order valence-corrected chi connectivity index (χ1v) is 7.07. The molecule has 102 valence electrons. The molecule has 1 saturated heterocycles. The van der Waals surface area contributed by atoms with Crippen molar-refractivity contribution in [2.24, 2.45) is 5.92 Å². The quantitative estimate of drug-likeness (QED) is 0.925. The molecule has 1 saturated carbocycles. The molecule has 0 aromatic carbocycles. The Morgan fingerprint density at radius 3 is 2.95 bits per heavy atom. The van der Waals surface area contributed by atoms with E-state index in [-0.39, 0.29) is 18.1 Å². The zero-order valence-corrected chi connectivity index (χ0v) is 11.6. The third-order valence-corrected chi connectivity index (χ3v) is 4.09. The lowest BCUT2D eigenvalue weighted by Gasteiger charge is -2.19. The average Bonchev–Trinajstić information content (AvgIpc) is 3.10. The van der Waals surface area contributed by atoms with Crippen molar-refractivity contribution in [3.63, 3.8) is 0 Å². The van der Waals surface area contributed by atoms with Gasteiger partial charge in [-0.1, -0.05) is 11.6 Å². The van der Waals surface area contributed by atoms with Gasteiger partial charge in [0.15, 0.2) is 0 Å². The molecule has 1 amide bonds. The molecule has 0 spiro atoms. The first-order valence-electron chi connectivity index (χ1n) is 6.70. The van der Waals surface area contributed by atoms with E-state index in [4.69, 9.17) is 16.3 Å². The molecule has 4 nitrogen and oxygen atoms in total. The lowest BCUT2D eigenvalue weighted by Crippen LogP contribution is -2.41. The standard InChI is InChI=1S/C14H17ClN2O2/c1-8-6-11(15)10(7-16-8)14(18)17-12-4-5-19-13(12)9-2-3-9/h6-7,9,12-13H,2-5H2,1H3,(H,17,18).